The third-order valence-electron chi connectivity index (χ3n) is 7.43. The van der Waals surface area contributed by atoms with Crippen LogP contribution in [0.4, 0.5) is 0 Å². The molecule has 3 heteroatoms. The van der Waals surface area contributed by atoms with Crippen molar-refractivity contribution < 1.29 is 19.2 Å². The molecule has 0 fully saturated rings. The van der Waals surface area contributed by atoms with Gasteiger partial charge >= 0.3 is 97.0 Å². The minimum atomic E-state index is 0.935. The first-order chi connectivity index (χ1) is 21.7. The normalized spacial score (nSPS) is 11.1. The number of hydrogen-bond acceptors (Lipinski definition) is 0. The van der Waals surface area contributed by atoms with Gasteiger partial charge in [0.15, 0.2) is 0 Å². The van der Waals surface area contributed by atoms with Crippen molar-refractivity contribution in [2.45, 2.75) is 82.9 Å². The summed E-state index contributed by atoms with van der Waals surface area (Å²) in [5.41, 5.74) is 19.3. The molecule has 0 spiro atoms. The Morgan fingerprint density at radius 3 is 1.75 bits per heavy atom. The molecule has 0 heterocycles. The summed E-state index contributed by atoms with van der Waals surface area (Å²) in [7, 11) is 0. The fourth-order valence-corrected chi connectivity index (χ4v) is 6.18. The molecule has 4 aromatic rings. The van der Waals surface area contributed by atoms with Crippen LogP contribution in [0.3, 0.4) is 0 Å². The molecule has 0 aliphatic carbocycles. The minimum absolute atomic E-state index is 0.935. The van der Waals surface area contributed by atoms with Crippen LogP contribution in [0.5, 0.6) is 0 Å². The van der Waals surface area contributed by atoms with Gasteiger partial charge < -0.3 is 5.53 Å². The van der Waals surface area contributed by atoms with Gasteiger partial charge in [0.2, 0.25) is 0 Å². The van der Waals surface area contributed by atoms with Crippen molar-refractivity contribution in [3.05, 3.63) is 160 Å². The second-order valence-corrected chi connectivity index (χ2v) is 12.1. The van der Waals surface area contributed by atoms with Gasteiger partial charge in [0, 0.05) is 0 Å². The molecule has 0 unspecified atom stereocenters. The summed E-state index contributed by atoms with van der Waals surface area (Å²) < 4.78 is 0. The Bertz CT molecular complexity index is 1450. The van der Waals surface area contributed by atoms with E-state index in [1.807, 2.05) is 6.08 Å². The summed E-state index contributed by atoms with van der Waals surface area (Å²) in [6.07, 6.45) is 10.8. The van der Waals surface area contributed by atoms with Crippen LogP contribution < -0.4 is 0 Å². The molecule has 4 aromatic carbocycles. The first kappa shape index (κ1) is 34.8. The molecule has 4 rings (SSSR count). The van der Waals surface area contributed by atoms with Crippen molar-refractivity contribution in [1.29, 1.82) is 0 Å². The van der Waals surface area contributed by atoms with E-state index in [4.69, 9.17) is 5.53 Å². The van der Waals surface area contributed by atoms with Crippen LogP contribution in [0.25, 0.3) is 11.1 Å². The van der Waals surface area contributed by atoms with E-state index < -0.39 is 0 Å². The summed E-state index contributed by atoms with van der Waals surface area (Å²) in [4.78, 5) is 3.11. The van der Waals surface area contributed by atoms with E-state index in [0.29, 0.717) is 0 Å². The molecule has 0 N–H and O–H groups in total. The van der Waals surface area contributed by atoms with Gasteiger partial charge in [-0.25, -0.2) is 0 Å². The molecule has 0 atom stereocenters. The topological polar surface area (TPSA) is 36.4 Å². The third kappa shape index (κ3) is 12.5. The first-order valence-electron chi connectivity index (χ1n) is 16.1. The van der Waals surface area contributed by atoms with Gasteiger partial charge in [0.1, 0.15) is 0 Å². The average molecular weight is 628 g/mol. The van der Waals surface area contributed by atoms with Gasteiger partial charge in [0.05, 0.1) is 6.08 Å². The Labute approximate surface area is 272 Å². The van der Waals surface area contributed by atoms with Crippen molar-refractivity contribution in [2.24, 2.45) is 0 Å². The van der Waals surface area contributed by atoms with Crippen LogP contribution in [-0.2, 0) is 38.1 Å². The van der Waals surface area contributed by atoms with Gasteiger partial charge in [-0.15, -0.1) is 4.79 Å². The molecule has 0 amide bonds. The summed E-state index contributed by atoms with van der Waals surface area (Å²) >= 11 is 1.78. The maximum absolute atomic E-state index is 8.97. The second kappa shape index (κ2) is 21.1. The van der Waals surface area contributed by atoms with E-state index in [9.17, 15) is 0 Å². The molecule has 0 aliphatic heterocycles. The number of hydrogen-bond donors (Lipinski definition) is 0. The standard InChI is InChI=1S/C27H34N2.2C7H7.Ni/c1-4-7-9-12-23-14-11-17-26(21-23)27(24(15-8-5-2)18-19-29-28)25-16-10-13-22(6-3)20-25;2*1-7-5-3-2-4-6-7;/h10-11,13-14,16-18,20-21H,4-9,12,15H2,1-3H3;2*2-6H,1H2;. The molecule has 0 aromatic heterocycles. The monoisotopic (exact) mass is 626 g/mol. The molecule has 0 aliphatic rings. The summed E-state index contributed by atoms with van der Waals surface area (Å²) in [5, 5.41) is 2.23. The summed E-state index contributed by atoms with van der Waals surface area (Å²) in [6.45, 7) is 6.63. The summed E-state index contributed by atoms with van der Waals surface area (Å²) in [5.74, 6) is 2.66. The van der Waals surface area contributed by atoms with Gasteiger partial charge in [0.25, 0.3) is 5.87 Å². The second-order valence-electron chi connectivity index (χ2n) is 10.9. The quantitative estimate of drug-likeness (QED) is 0.0314. The van der Waals surface area contributed by atoms with Crippen LogP contribution in [-0.4, -0.2) is 10.7 Å². The van der Waals surface area contributed by atoms with E-state index in [1.165, 1.54) is 63.8 Å². The Hall–Kier alpha value is -3.73. The predicted octanol–water partition coefficient (Wildman–Crippen LogP) is 10.9. The van der Waals surface area contributed by atoms with E-state index in [0.717, 1.165) is 42.9 Å². The van der Waals surface area contributed by atoms with Crippen LogP contribution in [0, 0.1) is 0 Å². The SMILES string of the molecule is CCCCCc1cccc(C(=C(C=C=[N+]=[N-])CCCC)c2cccc(CC)c2)c1.c1ccc([CH2][Ni][CH2]c2ccccc2)cc1. The fourth-order valence-electron chi connectivity index (χ4n) is 5.02. The average Bonchev–Trinajstić information content (AvgIpc) is 3.07. The molecule has 0 radical (unpaired) electrons. The Balaban J connectivity index is 0.000000293. The predicted molar refractivity (Wildman–Crippen MR) is 185 cm³/mol. The van der Waals surface area contributed by atoms with Crippen molar-refractivity contribution in [3.8, 4) is 0 Å². The van der Waals surface area contributed by atoms with Crippen molar-refractivity contribution in [2.75, 3.05) is 0 Å². The van der Waals surface area contributed by atoms with E-state index in [-0.39, 0.29) is 0 Å². The van der Waals surface area contributed by atoms with Crippen LogP contribution in [0.15, 0.2) is 121 Å². The zero-order chi connectivity index (χ0) is 31.2. The first-order valence-corrected chi connectivity index (χ1v) is 17.4. The van der Waals surface area contributed by atoms with Crippen LogP contribution in [0.1, 0.15) is 92.7 Å². The molecule has 0 saturated heterocycles. The van der Waals surface area contributed by atoms with Gasteiger partial charge in [-0.1, -0.05) is 88.6 Å². The van der Waals surface area contributed by atoms with Gasteiger partial charge in [-0.2, -0.15) is 0 Å². The van der Waals surface area contributed by atoms with Crippen molar-refractivity contribution >= 4 is 11.4 Å². The van der Waals surface area contributed by atoms with E-state index >= 15 is 0 Å². The van der Waals surface area contributed by atoms with Crippen molar-refractivity contribution in [1.82, 2.24) is 0 Å². The maximum atomic E-state index is 8.97. The molecule has 232 valence electrons. The molecule has 0 bridgehead atoms. The zero-order valence-corrected chi connectivity index (χ0v) is 27.7. The van der Waals surface area contributed by atoms with Crippen LogP contribution in [0.2, 0.25) is 0 Å². The van der Waals surface area contributed by atoms with E-state index in [1.54, 1.807) is 14.4 Å². The molecule has 44 heavy (non-hydrogen) atoms. The summed E-state index contributed by atoms with van der Waals surface area (Å²) in [6, 6.07) is 39.0. The number of unbranched alkanes of at least 4 members (excludes halogenated alkanes) is 3. The number of aryl methyl sites for hydroxylation is 2. The molecular formula is C41H48N2Ni. The molecule has 0 saturated carbocycles. The molecule has 2 nitrogen and oxygen atoms in total. The zero-order valence-electron chi connectivity index (χ0n) is 26.8. The number of nitrogens with zero attached hydrogens (tertiary/aromatic N) is 2. The Morgan fingerprint density at radius 1 is 0.659 bits per heavy atom. The van der Waals surface area contributed by atoms with E-state index in [2.05, 4.69) is 141 Å². The van der Waals surface area contributed by atoms with Gasteiger partial charge in [-0.3, -0.25) is 0 Å². The Kier molecular flexibility index (Phi) is 16.6. The number of rotatable bonds is 15. The van der Waals surface area contributed by atoms with Crippen LogP contribution >= 0.6 is 0 Å². The third-order valence-corrected chi connectivity index (χ3v) is 8.73. The van der Waals surface area contributed by atoms with Gasteiger partial charge in [-0.05, 0) is 65.5 Å². The van der Waals surface area contributed by atoms with Crippen molar-refractivity contribution in [3.63, 3.8) is 0 Å². The fraction of sp³-hybridized carbons (Fsp3) is 0.317. The number of benzene rings is 4. The number of allylic oxidation sites excluding steroid dienone is 2. The Morgan fingerprint density at radius 2 is 1.20 bits per heavy atom. The molecular weight excluding hydrogens is 579 g/mol.